The Morgan fingerprint density at radius 1 is 1.04 bits per heavy atom. The molecule has 0 saturated carbocycles. The van der Waals surface area contributed by atoms with Crippen molar-refractivity contribution in [1.29, 1.82) is 0 Å². The van der Waals surface area contributed by atoms with Gasteiger partial charge in [-0.05, 0) is 33.7 Å². The van der Waals surface area contributed by atoms with Crippen molar-refractivity contribution >= 4 is 73.4 Å². The van der Waals surface area contributed by atoms with Crippen molar-refractivity contribution in [2.75, 3.05) is 0 Å². The van der Waals surface area contributed by atoms with E-state index in [9.17, 15) is 9.36 Å². The van der Waals surface area contributed by atoms with E-state index in [4.69, 9.17) is 28.3 Å². The lowest BCUT2D eigenvalue weighted by Crippen LogP contribution is -2.06. The minimum atomic E-state index is -3.22. The minimum absolute atomic E-state index is 0.159. The molecule has 0 aliphatic heterocycles. The molecule has 0 bridgehead atoms. The van der Waals surface area contributed by atoms with Crippen LogP contribution in [0.5, 0.6) is 5.88 Å². The number of aromatic hydroxyl groups is 1. The van der Waals surface area contributed by atoms with Gasteiger partial charge in [-0.1, -0.05) is 23.2 Å². The fourth-order valence-electron chi connectivity index (χ4n) is 1.77. The molecule has 0 aromatic carbocycles. The number of hydrogen-bond acceptors (Lipinski definition) is 6. The summed E-state index contributed by atoms with van der Waals surface area (Å²) in [6.07, 6.45) is 3.11. The van der Waals surface area contributed by atoms with Crippen LogP contribution in [0.25, 0.3) is 11.3 Å². The number of rotatable bonds is 0. The van der Waals surface area contributed by atoms with Crippen LogP contribution in [0, 0.1) is 0 Å². The van der Waals surface area contributed by atoms with Gasteiger partial charge in [0.05, 0.1) is 18.5 Å². The first-order chi connectivity index (χ1) is 12.5. The molecule has 27 heavy (non-hydrogen) atoms. The third-order valence-corrected chi connectivity index (χ3v) is 3.12. The van der Waals surface area contributed by atoms with E-state index in [1.54, 1.807) is 24.4 Å². The highest BCUT2D eigenvalue weighted by Gasteiger charge is 2.03. The fourth-order valence-corrected chi connectivity index (χ4v) is 2.25. The number of nitrogens with zero attached hydrogens (tertiary/aromatic N) is 5. The molecule has 4 aromatic rings. The van der Waals surface area contributed by atoms with Crippen LogP contribution in [-0.2, 0) is 4.57 Å². The van der Waals surface area contributed by atoms with Crippen LogP contribution < -0.4 is 5.56 Å². The van der Waals surface area contributed by atoms with Crippen LogP contribution in [0.2, 0.25) is 10.3 Å². The van der Waals surface area contributed by atoms with E-state index in [1.165, 1.54) is 15.2 Å². The second kappa shape index (κ2) is 9.14. The Labute approximate surface area is 175 Å². The predicted octanol–water partition coefficient (Wildman–Crippen LogP) is 4.58. The molecule has 2 N–H and O–H groups in total. The molecular weight excluding hydrogens is 484 g/mol. The summed E-state index contributed by atoms with van der Waals surface area (Å²) in [7, 11) is 0. The predicted molar refractivity (Wildman–Crippen MR) is 106 cm³/mol. The lowest BCUT2D eigenvalue weighted by molar-refractivity contribution is 0.434. The molecule has 15 heteroatoms. The largest absolute Gasteiger partial charge is 0.493 e. The van der Waals surface area contributed by atoms with Gasteiger partial charge in [-0.25, -0.2) is 9.50 Å². The highest BCUT2D eigenvalue weighted by Crippen LogP contribution is 2.61. The number of H-pyrrole nitrogens is 1. The number of aromatic amines is 1. The van der Waals surface area contributed by atoms with Gasteiger partial charge < -0.3 is 10.1 Å². The Kier molecular flexibility index (Phi) is 7.39. The lowest BCUT2D eigenvalue weighted by Gasteiger charge is -1.95. The normalized spacial score (nSPS) is 10.9. The van der Waals surface area contributed by atoms with Crippen molar-refractivity contribution < 1.29 is 9.67 Å². The van der Waals surface area contributed by atoms with E-state index in [0.717, 1.165) is 6.07 Å². The first-order valence-electron chi connectivity index (χ1n) is 6.65. The Morgan fingerprint density at radius 2 is 1.63 bits per heavy atom. The highest BCUT2D eigenvalue weighted by molar-refractivity contribution is 8.24. The number of aromatic nitrogens is 6. The SMILES string of the molecule is Clc1cc(Cl)n2nccc2n1.O=P(Cl)(Cl)Cl.O=c1cc(O)n2nccc2[nH]1. The summed E-state index contributed by atoms with van der Waals surface area (Å²) >= 11 is 25.3. The second-order valence-electron chi connectivity index (χ2n) is 4.52. The van der Waals surface area contributed by atoms with Gasteiger partial charge in [0.15, 0.2) is 5.65 Å². The van der Waals surface area contributed by atoms with Crippen molar-refractivity contribution in [2.24, 2.45) is 0 Å². The van der Waals surface area contributed by atoms with E-state index in [0.29, 0.717) is 21.6 Å². The van der Waals surface area contributed by atoms with E-state index >= 15 is 0 Å². The Morgan fingerprint density at radius 3 is 2.30 bits per heavy atom. The molecule has 0 unspecified atom stereocenters. The van der Waals surface area contributed by atoms with E-state index in [1.807, 2.05) is 0 Å². The zero-order valence-corrected chi connectivity index (χ0v) is 17.5. The van der Waals surface area contributed by atoms with Gasteiger partial charge in [0.1, 0.15) is 16.0 Å². The van der Waals surface area contributed by atoms with Gasteiger partial charge in [-0.2, -0.15) is 14.7 Å². The number of fused-ring (bicyclic) bond motifs is 2. The van der Waals surface area contributed by atoms with Crippen LogP contribution in [0.1, 0.15) is 0 Å². The number of nitrogens with one attached hydrogen (secondary N) is 1. The van der Waals surface area contributed by atoms with Crippen LogP contribution in [-0.4, -0.2) is 34.3 Å². The van der Waals surface area contributed by atoms with Crippen LogP contribution in [0.3, 0.4) is 0 Å². The Hall–Kier alpha value is -1.48. The van der Waals surface area contributed by atoms with Crippen molar-refractivity contribution in [1.82, 2.24) is 29.2 Å². The lowest BCUT2D eigenvalue weighted by atomic mass is 10.6. The summed E-state index contributed by atoms with van der Waals surface area (Å²) in [5, 5.41) is 14.4. The summed E-state index contributed by atoms with van der Waals surface area (Å²) in [4.78, 5) is 17.2. The molecule has 9 nitrogen and oxygen atoms in total. The summed E-state index contributed by atoms with van der Waals surface area (Å²) < 4.78 is 12.3. The molecule has 144 valence electrons. The smallest absolute Gasteiger partial charge is 0.339 e. The summed E-state index contributed by atoms with van der Waals surface area (Å²) in [6.45, 7) is 0. The fraction of sp³-hybridized carbons (Fsp3) is 0. The van der Waals surface area contributed by atoms with E-state index in [2.05, 4.69) is 53.9 Å². The maximum Gasteiger partial charge on any atom is 0.339 e. The van der Waals surface area contributed by atoms with Gasteiger partial charge >= 0.3 is 5.20 Å². The topological polar surface area (TPSA) is 118 Å². The molecular formula is C12H8Cl5N6O3P. The van der Waals surface area contributed by atoms with Crippen molar-refractivity contribution in [2.45, 2.75) is 0 Å². The van der Waals surface area contributed by atoms with Crippen molar-refractivity contribution in [3.05, 3.63) is 57.3 Å². The van der Waals surface area contributed by atoms with Crippen LogP contribution >= 0.6 is 62.1 Å². The first kappa shape index (κ1) is 21.8. The third-order valence-electron chi connectivity index (χ3n) is 2.66. The summed E-state index contributed by atoms with van der Waals surface area (Å²) in [6, 6.07) is 5.95. The first-order valence-corrected chi connectivity index (χ1v) is 11.8. The van der Waals surface area contributed by atoms with Crippen LogP contribution in [0.4, 0.5) is 0 Å². The van der Waals surface area contributed by atoms with Gasteiger partial charge in [0, 0.05) is 18.2 Å². The number of hydrogen-bond donors (Lipinski definition) is 2. The summed E-state index contributed by atoms with van der Waals surface area (Å²) in [5.41, 5.74) is 0.799. The third kappa shape index (κ3) is 6.88. The molecule has 0 radical (unpaired) electrons. The molecule has 4 heterocycles. The quantitative estimate of drug-likeness (QED) is 0.274. The Balaban J connectivity index is 0.000000157. The van der Waals surface area contributed by atoms with Crippen LogP contribution in [0.15, 0.2) is 41.5 Å². The average molecular weight is 492 g/mol. The highest BCUT2D eigenvalue weighted by atomic mass is 36.0. The molecule has 0 aliphatic rings. The molecule has 0 amide bonds. The van der Waals surface area contributed by atoms with Crippen molar-refractivity contribution in [3.63, 3.8) is 0 Å². The molecule has 0 fully saturated rings. The molecule has 0 spiro atoms. The molecule has 4 rings (SSSR count). The standard InChI is InChI=1S/C6H3Cl2N3.C6H5N3O2.Cl3OP/c7-4-3-5(8)11-6(10-4)1-2-9-11;10-5-3-6(11)9-4(8-5)1-2-7-9;1-5(2,3)4/h1-3H;1-3,11H,(H,8,10);. The van der Waals surface area contributed by atoms with Gasteiger partial charge in [-0.3, -0.25) is 9.36 Å². The molecule has 0 aliphatic carbocycles. The Bertz CT molecular complexity index is 1160. The molecule has 0 atom stereocenters. The van der Waals surface area contributed by atoms with Gasteiger partial charge in [0.25, 0.3) is 5.56 Å². The van der Waals surface area contributed by atoms with Gasteiger partial charge in [0.2, 0.25) is 5.88 Å². The second-order valence-corrected chi connectivity index (χ2v) is 11.9. The van der Waals surface area contributed by atoms with E-state index < -0.39 is 5.20 Å². The maximum absolute atomic E-state index is 10.7. The van der Waals surface area contributed by atoms with Gasteiger partial charge in [-0.15, -0.1) is 0 Å². The summed E-state index contributed by atoms with van der Waals surface area (Å²) in [5.74, 6) is -0.159. The zero-order valence-electron chi connectivity index (χ0n) is 12.8. The molecule has 4 aromatic heterocycles. The monoisotopic (exact) mass is 490 g/mol. The van der Waals surface area contributed by atoms with E-state index in [-0.39, 0.29) is 11.4 Å². The zero-order chi connectivity index (χ0) is 20.2. The van der Waals surface area contributed by atoms with Crippen molar-refractivity contribution in [3.8, 4) is 5.88 Å². The molecule has 0 saturated heterocycles. The average Bonchev–Trinajstić information content (AvgIpc) is 3.14. The maximum atomic E-state index is 10.7. The number of halogens is 5. The minimum Gasteiger partial charge on any atom is -0.493 e.